The first-order valence-electron chi connectivity index (χ1n) is 4.51. The van der Waals surface area contributed by atoms with Crippen LogP contribution in [0.1, 0.15) is 19.0 Å². The topological polar surface area (TPSA) is 57.8 Å². The van der Waals surface area contributed by atoms with Crippen LogP contribution in [0, 0.1) is 5.92 Å². The molecule has 1 aromatic heterocycles. The summed E-state index contributed by atoms with van der Waals surface area (Å²) >= 11 is 0. The molecule has 1 saturated carbocycles. The van der Waals surface area contributed by atoms with E-state index in [1.54, 1.807) is 13.1 Å². The lowest BCUT2D eigenvalue weighted by Crippen LogP contribution is -2.23. The molecule has 0 aliphatic heterocycles. The summed E-state index contributed by atoms with van der Waals surface area (Å²) in [4.78, 5) is 10.7. The van der Waals surface area contributed by atoms with Crippen LogP contribution in [-0.2, 0) is 11.2 Å². The minimum atomic E-state index is 0.0668. The van der Waals surface area contributed by atoms with Crippen LogP contribution < -0.4 is 5.32 Å². The second-order valence-electron chi connectivity index (χ2n) is 3.59. The number of aromatic nitrogens is 2. The Morgan fingerprint density at radius 2 is 2.69 bits per heavy atom. The van der Waals surface area contributed by atoms with Gasteiger partial charge in [0.1, 0.15) is 0 Å². The molecule has 2 N–H and O–H groups in total. The molecule has 0 radical (unpaired) electrons. The van der Waals surface area contributed by atoms with E-state index < -0.39 is 0 Å². The molecular formula is C9H13N3O. The van der Waals surface area contributed by atoms with Gasteiger partial charge in [-0.15, -0.1) is 0 Å². The summed E-state index contributed by atoms with van der Waals surface area (Å²) < 4.78 is 0. The van der Waals surface area contributed by atoms with Crippen molar-refractivity contribution >= 4 is 5.91 Å². The maximum atomic E-state index is 10.7. The molecule has 70 valence electrons. The summed E-state index contributed by atoms with van der Waals surface area (Å²) in [5.74, 6) is 0.668. The fourth-order valence-corrected chi connectivity index (χ4v) is 1.59. The highest BCUT2D eigenvalue weighted by atomic mass is 16.1. The summed E-state index contributed by atoms with van der Waals surface area (Å²) in [6.45, 7) is 1.56. The van der Waals surface area contributed by atoms with Crippen molar-refractivity contribution in [1.29, 1.82) is 0 Å². The third-order valence-corrected chi connectivity index (χ3v) is 2.35. The highest BCUT2D eigenvalue weighted by molar-refractivity contribution is 5.73. The van der Waals surface area contributed by atoms with Gasteiger partial charge in [-0.25, -0.2) is 0 Å². The van der Waals surface area contributed by atoms with Crippen LogP contribution in [0.4, 0.5) is 0 Å². The number of nitrogens with one attached hydrogen (secondary N) is 2. The van der Waals surface area contributed by atoms with E-state index >= 15 is 0 Å². The first-order chi connectivity index (χ1) is 6.25. The van der Waals surface area contributed by atoms with Crippen LogP contribution in [0.3, 0.4) is 0 Å². The maximum absolute atomic E-state index is 10.7. The summed E-state index contributed by atoms with van der Waals surface area (Å²) in [5, 5.41) is 9.70. The van der Waals surface area contributed by atoms with Crippen molar-refractivity contribution in [2.45, 2.75) is 25.8 Å². The van der Waals surface area contributed by atoms with Gasteiger partial charge in [0.15, 0.2) is 0 Å². The molecule has 0 aromatic carbocycles. The zero-order valence-corrected chi connectivity index (χ0v) is 7.58. The number of amides is 1. The normalized spacial score (nSPS) is 25.6. The zero-order chi connectivity index (χ0) is 9.26. The van der Waals surface area contributed by atoms with E-state index in [1.807, 2.05) is 6.07 Å². The minimum Gasteiger partial charge on any atom is -0.353 e. The van der Waals surface area contributed by atoms with Crippen LogP contribution in [0.25, 0.3) is 0 Å². The molecule has 13 heavy (non-hydrogen) atoms. The van der Waals surface area contributed by atoms with Gasteiger partial charge in [-0.05, 0) is 24.8 Å². The Bertz CT molecular complexity index is 294. The number of carbonyl (C=O) groups is 1. The summed E-state index contributed by atoms with van der Waals surface area (Å²) in [6, 6.07) is 2.36. The van der Waals surface area contributed by atoms with Crippen molar-refractivity contribution < 1.29 is 4.79 Å². The van der Waals surface area contributed by atoms with Crippen LogP contribution in [0.15, 0.2) is 12.3 Å². The standard InChI is InChI=1S/C9H13N3O/c1-6(13)11-9-5-7(9)4-8-2-3-10-12-8/h2-3,7,9H,4-5H2,1H3,(H,10,12)(H,11,13). The zero-order valence-electron chi connectivity index (χ0n) is 7.58. The molecule has 1 heterocycles. The first kappa shape index (κ1) is 8.29. The van der Waals surface area contributed by atoms with E-state index in [1.165, 1.54) is 0 Å². The third-order valence-electron chi connectivity index (χ3n) is 2.35. The van der Waals surface area contributed by atoms with Gasteiger partial charge in [-0.1, -0.05) is 0 Å². The average Bonchev–Trinajstić information content (AvgIpc) is 2.61. The molecule has 1 fully saturated rings. The molecule has 1 amide bonds. The number of rotatable bonds is 3. The van der Waals surface area contributed by atoms with Crippen LogP contribution >= 0.6 is 0 Å². The SMILES string of the molecule is CC(=O)NC1CC1Cc1ccn[nH]1. The van der Waals surface area contributed by atoms with Crippen molar-refractivity contribution in [3.8, 4) is 0 Å². The summed E-state index contributed by atoms with van der Waals surface area (Å²) in [7, 11) is 0. The number of hydrogen-bond acceptors (Lipinski definition) is 2. The van der Waals surface area contributed by atoms with Gasteiger partial charge >= 0.3 is 0 Å². The molecule has 0 spiro atoms. The van der Waals surface area contributed by atoms with Crippen LogP contribution in [-0.4, -0.2) is 22.1 Å². The molecule has 2 rings (SSSR count). The van der Waals surface area contributed by atoms with Gasteiger partial charge in [0, 0.05) is 24.9 Å². The van der Waals surface area contributed by atoms with Gasteiger partial charge in [-0.2, -0.15) is 5.10 Å². The van der Waals surface area contributed by atoms with Crippen molar-refractivity contribution in [3.63, 3.8) is 0 Å². The predicted octanol–water partition coefficient (Wildman–Crippen LogP) is 0.477. The average molecular weight is 179 g/mol. The molecule has 2 unspecified atom stereocenters. The fraction of sp³-hybridized carbons (Fsp3) is 0.556. The second-order valence-corrected chi connectivity index (χ2v) is 3.59. The lowest BCUT2D eigenvalue weighted by Gasteiger charge is -1.98. The van der Waals surface area contributed by atoms with Gasteiger partial charge in [0.05, 0.1) is 0 Å². The van der Waals surface area contributed by atoms with E-state index in [0.29, 0.717) is 12.0 Å². The molecular weight excluding hydrogens is 166 g/mol. The van der Waals surface area contributed by atoms with E-state index in [2.05, 4.69) is 15.5 Å². The third kappa shape index (κ3) is 2.08. The number of aromatic amines is 1. The van der Waals surface area contributed by atoms with E-state index in [-0.39, 0.29) is 5.91 Å². The molecule has 2 atom stereocenters. The maximum Gasteiger partial charge on any atom is 0.217 e. The minimum absolute atomic E-state index is 0.0668. The largest absolute Gasteiger partial charge is 0.353 e. The summed E-state index contributed by atoms with van der Waals surface area (Å²) in [6.07, 6.45) is 3.84. The Balaban J connectivity index is 1.78. The smallest absolute Gasteiger partial charge is 0.217 e. The lowest BCUT2D eigenvalue weighted by molar-refractivity contribution is -0.119. The highest BCUT2D eigenvalue weighted by Crippen LogP contribution is 2.33. The Morgan fingerprint density at radius 1 is 1.85 bits per heavy atom. The lowest BCUT2D eigenvalue weighted by atomic mass is 10.2. The molecule has 0 saturated heterocycles. The number of nitrogens with zero attached hydrogens (tertiary/aromatic N) is 1. The first-order valence-corrected chi connectivity index (χ1v) is 4.51. The molecule has 4 heteroatoms. The van der Waals surface area contributed by atoms with Crippen molar-refractivity contribution in [2.24, 2.45) is 5.92 Å². The number of hydrogen-bond donors (Lipinski definition) is 2. The van der Waals surface area contributed by atoms with E-state index in [4.69, 9.17) is 0 Å². The molecule has 1 aliphatic carbocycles. The Kier molecular flexibility index (Phi) is 2.04. The Hall–Kier alpha value is -1.32. The fourth-order valence-electron chi connectivity index (χ4n) is 1.59. The van der Waals surface area contributed by atoms with E-state index in [9.17, 15) is 4.79 Å². The predicted molar refractivity (Wildman–Crippen MR) is 48.0 cm³/mol. The van der Waals surface area contributed by atoms with Crippen molar-refractivity contribution in [1.82, 2.24) is 15.5 Å². The molecule has 4 nitrogen and oxygen atoms in total. The molecule has 1 aromatic rings. The number of carbonyl (C=O) groups excluding carboxylic acids is 1. The second kappa shape index (κ2) is 3.20. The van der Waals surface area contributed by atoms with Crippen molar-refractivity contribution in [3.05, 3.63) is 18.0 Å². The van der Waals surface area contributed by atoms with Crippen molar-refractivity contribution in [2.75, 3.05) is 0 Å². The quantitative estimate of drug-likeness (QED) is 0.709. The van der Waals surface area contributed by atoms with Gasteiger partial charge in [-0.3, -0.25) is 9.89 Å². The van der Waals surface area contributed by atoms with Gasteiger partial charge < -0.3 is 5.32 Å². The highest BCUT2D eigenvalue weighted by Gasteiger charge is 2.37. The van der Waals surface area contributed by atoms with E-state index in [0.717, 1.165) is 18.5 Å². The molecule has 0 bridgehead atoms. The molecule has 1 aliphatic rings. The Labute approximate surface area is 76.7 Å². The van der Waals surface area contributed by atoms with Gasteiger partial charge in [0.25, 0.3) is 0 Å². The Morgan fingerprint density at radius 3 is 3.31 bits per heavy atom. The summed E-state index contributed by atoms with van der Waals surface area (Å²) in [5.41, 5.74) is 1.15. The van der Waals surface area contributed by atoms with Crippen LogP contribution in [0.5, 0.6) is 0 Å². The number of H-pyrrole nitrogens is 1. The van der Waals surface area contributed by atoms with Gasteiger partial charge in [0.2, 0.25) is 5.91 Å². The van der Waals surface area contributed by atoms with Crippen LogP contribution in [0.2, 0.25) is 0 Å². The monoisotopic (exact) mass is 179 g/mol.